The Morgan fingerprint density at radius 2 is 1.90 bits per heavy atom. The molecule has 0 saturated heterocycles. The van der Waals surface area contributed by atoms with Crippen LogP contribution in [0.2, 0.25) is 5.02 Å². The van der Waals surface area contributed by atoms with Crippen LogP contribution in [0.25, 0.3) is 22.4 Å². The van der Waals surface area contributed by atoms with E-state index in [1.807, 2.05) is 13.8 Å². The molecule has 2 N–H and O–H groups in total. The van der Waals surface area contributed by atoms with Crippen LogP contribution in [0.1, 0.15) is 12.6 Å². The molecule has 0 atom stereocenters. The van der Waals surface area contributed by atoms with Gasteiger partial charge in [0.05, 0.1) is 6.61 Å². The maximum absolute atomic E-state index is 14.0. The van der Waals surface area contributed by atoms with Crippen LogP contribution in [0, 0.1) is 12.7 Å². The van der Waals surface area contributed by atoms with E-state index in [1.165, 1.54) is 18.2 Å². The number of aromatic amines is 1. The Morgan fingerprint density at radius 1 is 1.16 bits per heavy atom. The minimum atomic E-state index is -4.16. The molecule has 11 heteroatoms. The van der Waals surface area contributed by atoms with E-state index in [1.54, 1.807) is 12.1 Å². The number of sulfonamides is 1. The number of aryl methyl sites for hydroxylation is 1. The molecule has 0 unspecified atom stereocenters. The van der Waals surface area contributed by atoms with Gasteiger partial charge in [-0.05, 0) is 56.3 Å². The van der Waals surface area contributed by atoms with Gasteiger partial charge in [-0.3, -0.25) is 9.82 Å². The second-order valence-electron chi connectivity index (χ2n) is 6.59. The van der Waals surface area contributed by atoms with Crippen molar-refractivity contribution >= 4 is 38.3 Å². The van der Waals surface area contributed by atoms with Gasteiger partial charge in [0.25, 0.3) is 10.0 Å². The van der Waals surface area contributed by atoms with Gasteiger partial charge in [-0.2, -0.15) is 10.1 Å². The SMILES string of the molecule is CCOc1nc(-c2ccc(NS(=O)(=O)c3cc(Cl)ccc3F)cc2)nc2n[nH]c(C)c12. The molecular formula is C20H17ClFN5O3S. The van der Waals surface area contributed by atoms with Gasteiger partial charge in [-0.1, -0.05) is 11.6 Å². The number of hydrogen-bond donors (Lipinski definition) is 2. The van der Waals surface area contributed by atoms with Gasteiger partial charge in [-0.25, -0.2) is 17.8 Å². The number of aromatic nitrogens is 4. The monoisotopic (exact) mass is 461 g/mol. The van der Waals surface area contributed by atoms with Crippen molar-refractivity contribution in [3.63, 3.8) is 0 Å². The normalized spacial score (nSPS) is 11.6. The van der Waals surface area contributed by atoms with Gasteiger partial charge >= 0.3 is 0 Å². The average molecular weight is 462 g/mol. The predicted molar refractivity (Wildman–Crippen MR) is 115 cm³/mol. The van der Waals surface area contributed by atoms with E-state index in [4.69, 9.17) is 16.3 Å². The summed E-state index contributed by atoms with van der Waals surface area (Å²) in [6.07, 6.45) is 0. The Balaban J connectivity index is 1.65. The first-order chi connectivity index (χ1) is 14.8. The average Bonchev–Trinajstić information content (AvgIpc) is 3.11. The van der Waals surface area contributed by atoms with E-state index in [9.17, 15) is 12.8 Å². The minimum absolute atomic E-state index is 0.114. The zero-order valence-corrected chi connectivity index (χ0v) is 18.1. The zero-order valence-electron chi connectivity index (χ0n) is 16.5. The van der Waals surface area contributed by atoms with E-state index >= 15 is 0 Å². The lowest BCUT2D eigenvalue weighted by molar-refractivity contribution is 0.331. The molecule has 2 heterocycles. The molecule has 0 radical (unpaired) electrons. The summed E-state index contributed by atoms with van der Waals surface area (Å²) in [6.45, 7) is 4.13. The summed E-state index contributed by atoms with van der Waals surface area (Å²) in [6, 6.07) is 9.67. The smallest absolute Gasteiger partial charge is 0.264 e. The van der Waals surface area contributed by atoms with Gasteiger partial charge in [0.15, 0.2) is 11.5 Å². The number of ether oxygens (including phenoxy) is 1. The van der Waals surface area contributed by atoms with Gasteiger partial charge in [-0.15, -0.1) is 0 Å². The number of H-pyrrole nitrogens is 1. The molecule has 2 aromatic heterocycles. The van der Waals surface area contributed by atoms with Crippen LogP contribution in [0.15, 0.2) is 47.4 Å². The molecular weight excluding hydrogens is 445 g/mol. The van der Waals surface area contributed by atoms with Crippen LogP contribution < -0.4 is 9.46 Å². The molecule has 0 aliphatic carbocycles. The largest absolute Gasteiger partial charge is 0.477 e. The van der Waals surface area contributed by atoms with E-state index in [0.717, 1.165) is 17.8 Å². The van der Waals surface area contributed by atoms with Gasteiger partial charge in [0, 0.05) is 22.0 Å². The molecule has 0 saturated carbocycles. The first-order valence-electron chi connectivity index (χ1n) is 9.22. The summed E-state index contributed by atoms with van der Waals surface area (Å²) in [5.74, 6) is -0.110. The molecule has 0 amide bonds. The highest BCUT2D eigenvalue weighted by Gasteiger charge is 2.20. The Morgan fingerprint density at radius 3 is 2.61 bits per heavy atom. The lowest BCUT2D eigenvalue weighted by atomic mass is 10.2. The highest BCUT2D eigenvalue weighted by Crippen LogP contribution is 2.29. The minimum Gasteiger partial charge on any atom is -0.477 e. The number of benzene rings is 2. The lowest BCUT2D eigenvalue weighted by Crippen LogP contribution is -2.14. The third-order valence-electron chi connectivity index (χ3n) is 4.42. The van der Waals surface area contributed by atoms with E-state index in [-0.39, 0.29) is 10.7 Å². The maximum atomic E-state index is 14.0. The Kier molecular flexibility index (Phi) is 5.50. The van der Waals surface area contributed by atoms with Crippen molar-refractivity contribution in [2.24, 2.45) is 0 Å². The standard InChI is InChI=1S/C20H17ClFN5O3S/c1-3-30-20-17-11(2)25-26-19(17)23-18(24-20)12-4-7-14(8-5-12)27-31(28,29)16-10-13(21)6-9-15(16)22/h4-10,27H,3H2,1-2H3,(H,23,24,25,26). The Hall–Kier alpha value is -3.24. The molecule has 0 aliphatic rings. The van der Waals surface area contributed by atoms with Crippen LogP contribution in [0.3, 0.4) is 0 Å². The molecule has 31 heavy (non-hydrogen) atoms. The number of nitrogens with one attached hydrogen (secondary N) is 2. The number of fused-ring (bicyclic) bond motifs is 1. The third kappa shape index (κ3) is 4.17. The molecule has 2 aromatic carbocycles. The van der Waals surface area contributed by atoms with Gasteiger partial charge in [0.1, 0.15) is 16.1 Å². The summed E-state index contributed by atoms with van der Waals surface area (Å²) in [5.41, 5.74) is 2.13. The van der Waals surface area contributed by atoms with Gasteiger partial charge in [0.2, 0.25) is 5.88 Å². The van der Waals surface area contributed by atoms with E-state index in [0.29, 0.717) is 34.9 Å². The Labute approximate surface area is 182 Å². The fourth-order valence-corrected chi connectivity index (χ4v) is 4.38. The number of halogens is 2. The lowest BCUT2D eigenvalue weighted by Gasteiger charge is -2.10. The number of nitrogens with zero attached hydrogens (tertiary/aromatic N) is 3. The Bertz CT molecular complexity index is 1370. The summed E-state index contributed by atoms with van der Waals surface area (Å²) < 4.78 is 47.0. The van der Waals surface area contributed by atoms with Crippen molar-refractivity contribution in [1.29, 1.82) is 0 Å². The zero-order chi connectivity index (χ0) is 22.2. The number of hydrogen-bond acceptors (Lipinski definition) is 6. The summed E-state index contributed by atoms with van der Waals surface area (Å²) in [4.78, 5) is 8.38. The molecule has 8 nitrogen and oxygen atoms in total. The van der Waals surface area contributed by atoms with Crippen molar-refractivity contribution in [3.8, 4) is 17.3 Å². The highest BCUT2D eigenvalue weighted by molar-refractivity contribution is 7.92. The predicted octanol–water partition coefficient (Wildman–Crippen LogP) is 4.32. The van der Waals surface area contributed by atoms with Crippen LogP contribution >= 0.6 is 11.6 Å². The molecule has 0 aliphatic heterocycles. The molecule has 0 bridgehead atoms. The first-order valence-corrected chi connectivity index (χ1v) is 11.1. The molecule has 160 valence electrons. The second-order valence-corrected chi connectivity index (χ2v) is 8.68. The fraction of sp³-hybridized carbons (Fsp3) is 0.150. The van der Waals surface area contributed by atoms with Gasteiger partial charge < -0.3 is 4.74 Å². The van der Waals surface area contributed by atoms with Crippen molar-refractivity contribution in [2.45, 2.75) is 18.7 Å². The fourth-order valence-electron chi connectivity index (χ4n) is 2.98. The van der Waals surface area contributed by atoms with Crippen molar-refractivity contribution in [3.05, 3.63) is 59.0 Å². The van der Waals surface area contributed by atoms with Crippen LogP contribution in [0.4, 0.5) is 10.1 Å². The maximum Gasteiger partial charge on any atom is 0.264 e. The van der Waals surface area contributed by atoms with Crippen LogP contribution in [0.5, 0.6) is 5.88 Å². The quantitative estimate of drug-likeness (QED) is 0.442. The van der Waals surface area contributed by atoms with Crippen molar-refractivity contribution in [1.82, 2.24) is 20.2 Å². The highest BCUT2D eigenvalue weighted by atomic mass is 35.5. The number of anilines is 1. The second kappa shape index (κ2) is 8.12. The molecule has 4 aromatic rings. The van der Waals surface area contributed by atoms with Crippen LogP contribution in [-0.2, 0) is 10.0 Å². The third-order valence-corrected chi connectivity index (χ3v) is 6.05. The van der Waals surface area contributed by atoms with E-state index in [2.05, 4.69) is 24.9 Å². The molecule has 4 rings (SSSR count). The van der Waals surface area contributed by atoms with E-state index < -0.39 is 20.7 Å². The summed E-state index contributed by atoms with van der Waals surface area (Å²) in [5, 5.41) is 7.85. The molecule has 0 fully saturated rings. The number of rotatable bonds is 6. The topological polar surface area (TPSA) is 110 Å². The van der Waals surface area contributed by atoms with Crippen molar-refractivity contribution in [2.75, 3.05) is 11.3 Å². The molecule has 0 spiro atoms. The van der Waals surface area contributed by atoms with Crippen molar-refractivity contribution < 1.29 is 17.5 Å². The first kappa shape index (κ1) is 21.0. The van der Waals surface area contributed by atoms with Crippen LogP contribution in [-0.4, -0.2) is 35.2 Å². The summed E-state index contributed by atoms with van der Waals surface area (Å²) >= 11 is 5.80. The summed E-state index contributed by atoms with van der Waals surface area (Å²) in [7, 11) is -4.16.